The number of methoxy groups -OCH3 is 1. The van der Waals surface area contributed by atoms with Crippen LogP contribution in [0.5, 0.6) is 11.5 Å². The van der Waals surface area contributed by atoms with E-state index in [2.05, 4.69) is 16.5 Å². The van der Waals surface area contributed by atoms with Crippen LogP contribution in [0.1, 0.15) is 16.7 Å². The minimum Gasteiger partial charge on any atom is -0.504 e. The van der Waals surface area contributed by atoms with Gasteiger partial charge in [0.2, 0.25) is 0 Å². The van der Waals surface area contributed by atoms with Crippen LogP contribution in [0.3, 0.4) is 0 Å². The Morgan fingerprint density at radius 1 is 1.28 bits per heavy atom. The molecule has 6 nitrogen and oxygen atoms in total. The molecule has 0 aliphatic heterocycles. The second kappa shape index (κ2) is 7.85. The fourth-order valence-corrected chi connectivity index (χ4v) is 2.95. The molecule has 0 bridgehead atoms. The van der Waals surface area contributed by atoms with Crippen LogP contribution in [0.2, 0.25) is 0 Å². The predicted octanol–water partition coefficient (Wildman–Crippen LogP) is 2.75. The Morgan fingerprint density at radius 2 is 1.96 bits per heavy atom. The molecule has 0 fully saturated rings. The van der Waals surface area contributed by atoms with E-state index in [1.807, 2.05) is 6.92 Å². The van der Waals surface area contributed by atoms with E-state index in [4.69, 9.17) is 4.74 Å². The molecule has 2 aromatic rings. The number of rotatable bonds is 7. The second-order valence-electron chi connectivity index (χ2n) is 5.39. The second-order valence-corrected chi connectivity index (χ2v) is 7.06. The van der Waals surface area contributed by atoms with Gasteiger partial charge < -0.3 is 9.84 Å². The molecule has 0 radical (unpaired) electrons. The van der Waals surface area contributed by atoms with Gasteiger partial charge in [0, 0.05) is 5.56 Å². The van der Waals surface area contributed by atoms with Crippen molar-refractivity contribution < 1.29 is 18.3 Å². The van der Waals surface area contributed by atoms with Crippen molar-refractivity contribution in [2.24, 2.45) is 5.10 Å². The zero-order valence-electron chi connectivity index (χ0n) is 14.1. The van der Waals surface area contributed by atoms with E-state index in [-0.39, 0.29) is 16.4 Å². The Labute approximate surface area is 147 Å². The number of benzene rings is 2. The first-order valence-corrected chi connectivity index (χ1v) is 8.98. The van der Waals surface area contributed by atoms with Gasteiger partial charge in [-0.15, -0.1) is 6.58 Å². The fraction of sp³-hybridized carbons (Fsp3) is 0.167. The maximum Gasteiger partial charge on any atom is 0.276 e. The predicted molar refractivity (Wildman–Crippen MR) is 97.7 cm³/mol. The Balaban J connectivity index is 2.25. The first-order chi connectivity index (χ1) is 11.9. The number of ether oxygens (including phenoxy) is 1. The highest BCUT2D eigenvalue weighted by molar-refractivity contribution is 7.89. The Kier molecular flexibility index (Phi) is 5.82. The largest absolute Gasteiger partial charge is 0.504 e. The highest BCUT2D eigenvalue weighted by Gasteiger charge is 2.13. The lowest BCUT2D eigenvalue weighted by Gasteiger charge is -2.09. The molecule has 0 aliphatic rings. The van der Waals surface area contributed by atoms with Crippen LogP contribution < -0.4 is 9.57 Å². The van der Waals surface area contributed by atoms with E-state index in [1.54, 1.807) is 30.3 Å². The van der Waals surface area contributed by atoms with Crippen molar-refractivity contribution in [1.29, 1.82) is 0 Å². The molecule has 0 saturated heterocycles. The van der Waals surface area contributed by atoms with Crippen LogP contribution in [0.25, 0.3) is 0 Å². The minimum atomic E-state index is -3.77. The summed E-state index contributed by atoms with van der Waals surface area (Å²) in [4.78, 5) is 2.24. The lowest BCUT2D eigenvalue weighted by Crippen LogP contribution is -2.18. The molecule has 7 heteroatoms. The number of allylic oxidation sites excluding steroid dienone is 1. The van der Waals surface area contributed by atoms with Crippen LogP contribution in [-0.2, 0) is 16.4 Å². The zero-order chi connectivity index (χ0) is 18.4. The van der Waals surface area contributed by atoms with Crippen LogP contribution in [0.15, 0.2) is 59.1 Å². The van der Waals surface area contributed by atoms with Crippen LogP contribution in [-0.4, -0.2) is 26.8 Å². The van der Waals surface area contributed by atoms with Gasteiger partial charge in [0.05, 0.1) is 18.2 Å². The Hall–Kier alpha value is -2.80. The van der Waals surface area contributed by atoms with Gasteiger partial charge in [-0.3, -0.25) is 0 Å². The molecule has 0 saturated carbocycles. The average molecular weight is 360 g/mol. The highest BCUT2D eigenvalue weighted by atomic mass is 32.2. The van der Waals surface area contributed by atoms with Gasteiger partial charge in [-0.05, 0) is 43.2 Å². The number of nitrogens with one attached hydrogen (secondary N) is 1. The van der Waals surface area contributed by atoms with E-state index in [9.17, 15) is 13.5 Å². The Morgan fingerprint density at radius 3 is 2.56 bits per heavy atom. The third-order valence-electron chi connectivity index (χ3n) is 3.47. The molecular formula is C18H20N2O4S. The molecule has 2 N–H and O–H groups in total. The quantitative estimate of drug-likeness (QED) is 0.451. The lowest BCUT2D eigenvalue weighted by atomic mass is 10.1. The smallest absolute Gasteiger partial charge is 0.276 e. The molecule has 0 atom stereocenters. The van der Waals surface area contributed by atoms with E-state index in [1.165, 1.54) is 25.5 Å². The lowest BCUT2D eigenvalue weighted by molar-refractivity contribution is 0.372. The summed E-state index contributed by atoms with van der Waals surface area (Å²) < 4.78 is 29.5. The van der Waals surface area contributed by atoms with Gasteiger partial charge in [0.15, 0.2) is 11.5 Å². The monoisotopic (exact) mass is 360 g/mol. The molecular weight excluding hydrogens is 340 g/mol. The molecule has 0 aromatic heterocycles. The van der Waals surface area contributed by atoms with Gasteiger partial charge in [-0.1, -0.05) is 23.8 Å². The summed E-state index contributed by atoms with van der Waals surface area (Å²) in [5, 5.41) is 13.9. The number of nitrogens with zero attached hydrogens (tertiary/aromatic N) is 1. The summed E-state index contributed by atoms with van der Waals surface area (Å²) >= 11 is 0. The van der Waals surface area contributed by atoms with Crippen LogP contribution in [0, 0.1) is 6.92 Å². The first-order valence-electron chi connectivity index (χ1n) is 7.49. The van der Waals surface area contributed by atoms with Crippen LogP contribution >= 0.6 is 0 Å². The average Bonchev–Trinajstić information content (AvgIpc) is 2.58. The van der Waals surface area contributed by atoms with Crippen molar-refractivity contribution in [1.82, 2.24) is 4.83 Å². The summed E-state index contributed by atoms with van der Waals surface area (Å²) in [6, 6.07) is 9.77. The topological polar surface area (TPSA) is 88.0 Å². The number of aryl methyl sites for hydroxylation is 1. The number of phenols is 1. The van der Waals surface area contributed by atoms with Crippen molar-refractivity contribution >= 4 is 16.2 Å². The summed E-state index contributed by atoms with van der Waals surface area (Å²) in [5.74, 6) is 0.163. The minimum absolute atomic E-state index is 0.109. The summed E-state index contributed by atoms with van der Waals surface area (Å²) in [6.07, 6.45) is 3.52. The number of hydrogen-bond donors (Lipinski definition) is 2. The van der Waals surface area contributed by atoms with Crippen molar-refractivity contribution in [3.8, 4) is 11.5 Å². The number of aromatic hydroxyl groups is 1. The van der Waals surface area contributed by atoms with Crippen molar-refractivity contribution in [3.05, 3.63) is 65.7 Å². The summed E-state index contributed by atoms with van der Waals surface area (Å²) in [5.41, 5.74) is 2.15. The molecule has 2 aromatic carbocycles. The molecule has 25 heavy (non-hydrogen) atoms. The van der Waals surface area contributed by atoms with Gasteiger partial charge in [-0.25, -0.2) is 4.83 Å². The fourth-order valence-electron chi connectivity index (χ4n) is 2.16. The standard InChI is InChI=1S/C18H20N2O4S/c1-4-5-14-10-15(18(21)17(11-14)24-3)12-19-20-25(22,23)16-8-6-13(2)7-9-16/h4,6-12,20-21H,1,5H2,2-3H3/b19-12+. The zero-order valence-corrected chi connectivity index (χ0v) is 14.9. The molecule has 0 spiro atoms. The number of phenolic OH excluding ortho intramolecular Hbond substituents is 1. The Bertz CT molecular complexity index is 888. The van der Waals surface area contributed by atoms with Gasteiger partial charge in [0.25, 0.3) is 10.0 Å². The first kappa shape index (κ1) is 18.5. The molecule has 0 amide bonds. The SMILES string of the molecule is C=CCc1cc(/C=N/NS(=O)(=O)c2ccc(C)cc2)c(O)c(OC)c1. The molecule has 0 unspecified atom stereocenters. The summed E-state index contributed by atoms with van der Waals surface area (Å²) in [6.45, 7) is 5.54. The van der Waals surface area contributed by atoms with Crippen molar-refractivity contribution in [3.63, 3.8) is 0 Å². The maximum atomic E-state index is 12.2. The van der Waals surface area contributed by atoms with E-state index in [0.29, 0.717) is 12.0 Å². The summed E-state index contributed by atoms with van der Waals surface area (Å²) in [7, 11) is -2.33. The third kappa shape index (κ3) is 4.60. The van der Waals surface area contributed by atoms with Crippen LogP contribution in [0.4, 0.5) is 0 Å². The van der Waals surface area contributed by atoms with Crippen molar-refractivity contribution in [2.45, 2.75) is 18.2 Å². The van der Waals surface area contributed by atoms with Gasteiger partial charge in [0.1, 0.15) is 0 Å². The normalized spacial score (nSPS) is 11.4. The molecule has 2 rings (SSSR count). The van der Waals surface area contributed by atoms with Gasteiger partial charge in [-0.2, -0.15) is 13.5 Å². The van der Waals surface area contributed by atoms with E-state index < -0.39 is 10.0 Å². The van der Waals surface area contributed by atoms with E-state index in [0.717, 1.165) is 11.1 Å². The maximum absolute atomic E-state index is 12.2. The third-order valence-corrected chi connectivity index (χ3v) is 4.71. The van der Waals surface area contributed by atoms with Crippen molar-refractivity contribution in [2.75, 3.05) is 7.11 Å². The number of hydrazone groups is 1. The number of hydrogen-bond acceptors (Lipinski definition) is 5. The molecule has 132 valence electrons. The highest BCUT2D eigenvalue weighted by Crippen LogP contribution is 2.30. The molecule has 0 aliphatic carbocycles. The van der Waals surface area contributed by atoms with E-state index >= 15 is 0 Å². The van der Waals surface area contributed by atoms with Gasteiger partial charge >= 0.3 is 0 Å². The number of sulfonamides is 1. The molecule has 0 heterocycles.